The first-order valence-corrected chi connectivity index (χ1v) is 10.0. The van der Waals surface area contributed by atoms with Crippen molar-refractivity contribution in [2.24, 2.45) is 11.8 Å². The van der Waals surface area contributed by atoms with Crippen molar-refractivity contribution in [3.8, 4) is 0 Å². The third-order valence-electron chi connectivity index (χ3n) is 7.12. The van der Waals surface area contributed by atoms with E-state index in [0.717, 1.165) is 44.9 Å². The summed E-state index contributed by atoms with van der Waals surface area (Å²) >= 11 is 0. The molecule has 6 nitrogen and oxygen atoms in total. The average Bonchev–Trinajstić information content (AvgIpc) is 3.28. The van der Waals surface area contributed by atoms with E-state index in [1.165, 1.54) is 0 Å². The Balaban J connectivity index is 1.24. The van der Waals surface area contributed by atoms with Gasteiger partial charge < -0.3 is 19.3 Å². The van der Waals surface area contributed by atoms with Crippen molar-refractivity contribution in [2.75, 3.05) is 26.4 Å². The molecule has 0 aromatic carbocycles. The lowest BCUT2D eigenvalue weighted by atomic mass is 10.0. The van der Waals surface area contributed by atoms with Gasteiger partial charge in [0.1, 0.15) is 0 Å². The summed E-state index contributed by atoms with van der Waals surface area (Å²) in [5.74, 6) is 0.648. The number of hydrogen-bond donors (Lipinski definition) is 0. The first kappa shape index (κ1) is 16.1. The van der Waals surface area contributed by atoms with Gasteiger partial charge in [0, 0.05) is 11.8 Å². The minimum absolute atomic E-state index is 0.0360. The first-order valence-electron chi connectivity index (χ1n) is 10.0. The standard InChI is InChI=1S/C19H28N2O4/c22-18(20-14-3-4-15(20)9-24-8-14)12-1-2-13(7-12)19(23)21-16-5-6-17(21)11-25-10-16/h12-17H,1-11H2/t12-,13+,14?,15?,16?,17?. The van der Waals surface area contributed by atoms with Gasteiger partial charge in [0.25, 0.3) is 0 Å². The lowest BCUT2D eigenvalue weighted by molar-refractivity contribution is -0.147. The van der Waals surface area contributed by atoms with Gasteiger partial charge in [-0.25, -0.2) is 0 Å². The highest BCUT2D eigenvalue weighted by Crippen LogP contribution is 2.39. The zero-order valence-corrected chi connectivity index (χ0v) is 14.8. The fourth-order valence-corrected chi connectivity index (χ4v) is 5.83. The fourth-order valence-electron chi connectivity index (χ4n) is 5.83. The molecule has 5 rings (SSSR count). The predicted molar refractivity (Wildman–Crippen MR) is 89.8 cm³/mol. The Labute approximate surface area is 148 Å². The van der Waals surface area contributed by atoms with E-state index in [1.54, 1.807) is 0 Å². The second kappa shape index (κ2) is 6.23. The van der Waals surface area contributed by atoms with E-state index < -0.39 is 0 Å². The first-order chi connectivity index (χ1) is 12.2. The summed E-state index contributed by atoms with van der Waals surface area (Å²) in [6, 6.07) is 1.10. The minimum atomic E-state index is 0.0360. The van der Waals surface area contributed by atoms with Crippen LogP contribution in [0.4, 0.5) is 0 Å². The molecule has 4 saturated heterocycles. The maximum atomic E-state index is 13.1. The quantitative estimate of drug-likeness (QED) is 0.752. The molecular formula is C19H28N2O4. The Kier molecular flexibility index (Phi) is 4.01. The second-order valence-electron chi connectivity index (χ2n) is 8.54. The van der Waals surface area contributed by atoms with Crippen molar-refractivity contribution >= 4 is 11.8 Å². The van der Waals surface area contributed by atoms with Gasteiger partial charge >= 0.3 is 0 Å². The van der Waals surface area contributed by atoms with Crippen LogP contribution in [0.1, 0.15) is 44.9 Å². The number of fused-ring (bicyclic) bond motifs is 4. The van der Waals surface area contributed by atoms with Crippen LogP contribution in [0.15, 0.2) is 0 Å². The molecule has 0 aromatic rings. The topological polar surface area (TPSA) is 59.1 Å². The van der Waals surface area contributed by atoms with Crippen LogP contribution in [0, 0.1) is 11.8 Å². The summed E-state index contributed by atoms with van der Waals surface area (Å²) in [5.41, 5.74) is 0. The zero-order valence-electron chi connectivity index (χ0n) is 14.8. The number of nitrogens with zero attached hydrogens (tertiary/aromatic N) is 2. The highest BCUT2D eigenvalue weighted by atomic mass is 16.5. The third kappa shape index (κ3) is 2.60. The molecule has 2 amide bonds. The molecule has 25 heavy (non-hydrogen) atoms. The van der Waals surface area contributed by atoms with E-state index in [2.05, 4.69) is 9.80 Å². The monoisotopic (exact) mass is 348 g/mol. The number of amides is 2. The molecule has 6 atom stereocenters. The Morgan fingerprint density at radius 1 is 0.600 bits per heavy atom. The van der Waals surface area contributed by atoms with Crippen molar-refractivity contribution in [1.82, 2.24) is 9.80 Å². The summed E-state index contributed by atoms with van der Waals surface area (Å²) in [5, 5.41) is 0. The maximum absolute atomic E-state index is 13.1. The van der Waals surface area contributed by atoms with E-state index in [4.69, 9.17) is 9.47 Å². The fraction of sp³-hybridized carbons (Fsp3) is 0.895. The highest BCUT2D eigenvalue weighted by molar-refractivity contribution is 5.84. The molecule has 6 heteroatoms. The summed E-state index contributed by atoms with van der Waals surface area (Å²) < 4.78 is 11.2. The van der Waals surface area contributed by atoms with Gasteiger partial charge in [-0.15, -0.1) is 0 Å². The highest BCUT2D eigenvalue weighted by Gasteiger charge is 2.47. The molecule has 5 aliphatic rings. The normalized spacial score (nSPS) is 42.9. The van der Waals surface area contributed by atoms with Gasteiger partial charge in [-0.2, -0.15) is 0 Å². The van der Waals surface area contributed by atoms with Crippen molar-refractivity contribution in [1.29, 1.82) is 0 Å². The number of hydrogen-bond acceptors (Lipinski definition) is 4. The average molecular weight is 348 g/mol. The molecule has 4 unspecified atom stereocenters. The van der Waals surface area contributed by atoms with Crippen LogP contribution < -0.4 is 0 Å². The molecule has 138 valence electrons. The maximum Gasteiger partial charge on any atom is 0.226 e. The number of rotatable bonds is 2. The molecule has 4 bridgehead atoms. The van der Waals surface area contributed by atoms with E-state index in [1.807, 2.05) is 0 Å². The van der Waals surface area contributed by atoms with E-state index in [9.17, 15) is 9.59 Å². The lowest BCUT2D eigenvalue weighted by Crippen LogP contribution is -2.52. The molecule has 4 aliphatic heterocycles. The Bertz CT molecular complexity index is 488. The summed E-state index contributed by atoms with van der Waals surface area (Å²) in [7, 11) is 0. The van der Waals surface area contributed by atoms with Crippen molar-refractivity contribution in [3.05, 3.63) is 0 Å². The molecule has 1 aliphatic carbocycles. The molecule has 0 radical (unpaired) electrons. The van der Waals surface area contributed by atoms with Crippen molar-refractivity contribution in [2.45, 2.75) is 69.1 Å². The minimum Gasteiger partial charge on any atom is -0.377 e. The second-order valence-corrected chi connectivity index (χ2v) is 8.54. The SMILES string of the molecule is O=C([C@@H]1CC[C@H](C(=O)N2C3CCC2COC3)C1)N1C2CCC1COC2. The smallest absolute Gasteiger partial charge is 0.226 e. The summed E-state index contributed by atoms with van der Waals surface area (Å²) in [6.07, 6.45) is 6.76. The third-order valence-corrected chi connectivity index (χ3v) is 7.12. The number of carbonyl (C=O) groups excluding carboxylic acids is 2. The van der Waals surface area contributed by atoms with Gasteiger partial charge in [0.05, 0.1) is 50.6 Å². The molecule has 1 saturated carbocycles. The van der Waals surface area contributed by atoms with Crippen LogP contribution in [0.3, 0.4) is 0 Å². The van der Waals surface area contributed by atoms with Crippen LogP contribution in [0.5, 0.6) is 0 Å². The van der Waals surface area contributed by atoms with E-state index in [-0.39, 0.29) is 47.8 Å². The molecule has 0 N–H and O–H groups in total. The summed E-state index contributed by atoms with van der Waals surface area (Å²) in [4.78, 5) is 30.4. The van der Waals surface area contributed by atoms with Crippen LogP contribution in [0.2, 0.25) is 0 Å². The van der Waals surface area contributed by atoms with E-state index in [0.29, 0.717) is 26.4 Å². The van der Waals surface area contributed by atoms with Crippen LogP contribution in [-0.4, -0.2) is 72.2 Å². The van der Waals surface area contributed by atoms with Gasteiger partial charge in [-0.1, -0.05) is 0 Å². The Morgan fingerprint density at radius 2 is 0.960 bits per heavy atom. The van der Waals surface area contributed by atoms with E-state index >= 15 is 0 Å². The van der Waals surface area contributed by atoms with Crippen LogP contribution in [0.25, 0.3) is 0 Å². The van der Waals surface area contributed by atoms with Gasteiger partial charge in [-0.05, 0) is 44.9 Å². The van der Waals surface area contributed by atoms with Crippen molar-refractivity contribution in [3.63, 3.8) is 0 Å². The van der Waals surface area contributed by atoms with Gasteiger partial charge in [0.2, 0.25) is 11.8 Å². The molecule has 0 aromatic heterocycles. The molecule has 4 heterocycles. The van der Waals surface area contributed by atoms with Crippen LogP contribution in [-0.2, 0) is 19.1 Å². The Hall–Kier alpha value is -1.14. The number of morpholine rings is 2. The van der Waals surface area contributed by atoms with Crippen LogP contribution >= 0.6 is 0 Å². The summed E-state index contributed by atoms with van der Waals surface area (Å²) in [6.45, 7) is 2.76. The lowest BCUT2D eigenvalue weighted by Gasteiger charge is -2.37. The molecule has 0 spiro atoms. The number of ether oxygens (including phenoxy) is 2. The number of carbonyl (C=O) groups is 2. The zero-order chi connectivity index (χ0) is 17.0. The predicted octanol–water partition coefficient (Wildman–Crippen LogP) is 1.18. The molecular weight excluding hydrogens is 320 g/mol. The Morgan fingerprint density at radius 3 is 1.32 bits per heavy atom. The molecule has 5 fully saturated rings. The largest absolute Gasteiger partial charge is 0.377 e. The van der Waals surface area contributed by atoms with Gasteiger partial charge in [0.15, 0.2) is 0 Å². The van der Waals surface area contributed by atoms with Crippen molar-refractivity contribution < 1.29 is 19.1 Å². The van der Waals surface area contributed by atoms with Gasteiger partial charge in [-0.3, -0.25) is 9.59 Å².